The van der Waals surface area contributed by atoms with Crippen molar-refractivity contribution in [3.05, 3.63) is 76.0 Å². The number of nitro benzene ring substituents is 1. The van der Waals surface area contributed by atoms with E-state index in [9.17, 15) is 20.0 Å². The summed E-state index contributed by atoms with van der Waals surface area (Å²) in [6.45, 7) is 1.45. The number of amides is 1. The van der Waals surface area contributed by atoms with E-state index >= 15 is 0 Å². The summed E-state index contributed by atoms with van der Waals surface area (Å²) >= 11 is 0. The van der Waals surface area contributed by atoms with Crippen molar-refractivity contribution in [3.63, 3.8) is 0 Å². The van der Waals surface area contributed by atoms with Crippen LogP contribution < -0.4 is 10.2 Å². The lowest BCUT2D eigenvalue weighted by atomic mass is 10.1. The number of aliphatic hydroxyl groups is 1. The summed E-state index contributed by atoms with van der Waals surface area (Å²) in [7, 11) is 0. The number of rotatable bonds is 6. The molecule has 1 saturated heterocycles. The van der Waals surface area contributed by atoms with Crippen LogP contribution in [0.25, 0.3) is 11.3 Å². The Bertz CT molecular complexity index is 1100. The number of hydrogen-bond acceptors (Lipinski definition) is 6. The third kappa shape index (κ3) is 4.59. The van der Waals surface area contributed by atoms with Gasteiger partial charge < -0.3 is 19.7 Å². The van der Waals surface area contributed by atoms with Crippen molar-refractivity contribution < 1.29 is 19.2 Å². The van der Waals surface area contributed by atoms with Crippen LogP contribution in [0.1, 0.15) is 35.4 Å². The number of furan rings is 1. The second-order valence-electron chi connectivity index (χ2n) is 7.47. The van der Waals surface area contributed by atoms with Gasteiger partial charge in [0.15, 0.2) is 0 Å². The smallest absolute Gasteiger partial charge is 0.270 e. The minimum absolute atomic E-state index is 0.119. The highest BCUT2D eigenvalue weighted by atomic mass is 16.6. The summed E-state index contributed by atoms with van der Waals surface area (Å²) < 4.78 is 5.56. The van der Waals surface area contributed by atoms with Crippen LogP contribution in [0, 0.1) is 10.1 Å². The molecule has 2 aromatic carbocycles. The van der Waals surface area contributed by atoms with E-state index in [1.165, 1.54) is 12.1 Å². The van der Waals surface area contributed by atoms with E-state index in [2.05, 4.69) is 10.2 Å². The number of carbonyl (C=O) groups is 1. The van der Waals surface area contributed by atoms with Gasteiger partial charge in [0.25, 0.3) is 11.6 Å². The predicted molar refractivity (Wildman–Crippen MR) is 117 cm³/mol. The average molecular weight is 421 g/mol. The lowest BCUT2D eigenvalue weighted by Gasteiger charge is -2.30. The van der Waals surface area contributed by atoms with Gasteiger partial charge in [-0.05, 0) is 49.6 Å². The Morgan fingerprint density at radius 3 is 2.61 bits per heavy atom. The molecule has 1 fully saturated rings. The molecule has 0 saturated carbocycles. The zero-order valence-electron chi connectivity index (χ0n) is 16.9. The molecule has 1 aliphatic rings. The fourth-order valence-electron chi connectivity index (χ4n) is 3.80. The molecule has 2 N–H and O–H groups in total. The molecule has 0 atom stereocenters. The van der Waals surface area contributed by atoms with E-state index in [0.717, 1.165) is 37.9 Å². The van der Waals surface area contributed by atoms with Gasteiger partial charge in [0.05, 0.1) is 16.2 Å². The molecule has 1 aliphatic heterocycles. The Labute approximate surface area is 179 Å². The first-order chi connectivity index (χ1) is 15.0. The molecule has 1 amide bonds. The van der Waals surface area contributed by atoms with Gasteiger partial charge >= 0.3 is 0 Å². The number of piperidine rings is 1. The van der Waals surface area contributed by atoms with E-state index < -0.39 is 10.8 Å². The molecule has 0 bridgehead atoms. The molecule has 2 heterocycles. The summed E-state index contributed by atoms with van der Waals surface area (Å²) in [6, 6.07) is 15.0. The standard InChI is InChI=1S/C23H23N3O5/c27-15-19-8-10-22(31-19)16-5-4-6-17(13-16)24-23(28)20-14-18(26(29)30)7-9-21(20)25-11-2-1-3-12-25/h4-10,13-14,27H,1-3,11-12,15H2,(H,24,28). The maximum absolute atomic E-state index is 13.1. The summed E-state index contributed by atoms with van der Waals surface area (Å²) in [6.07, 6.45) is 3.20. The molecule has 3 aromatic rings. The van der Waals surface area contributed by atoms with Gasteiger partial charge in [-0.1, -0.05) is 12.1 Å². The SMILES string of the molecule is O=C(Nc1cccc(-c2ccc(CO)o2)c1)c1cc([N+](=O)[O-])ccc1N1CCCCC1. The molecule has 0 spiro atoms. The van der Waals surface area contributed by atoms with Gasteiger partial charge in [0, 0.05) is 36.5 Å². The quantitative estimate of drug-likeness (QED) is 0.445. The summed E-state index contributed by atoms with van der Waals surface area (Å²) in [5, 5.41) is 23.3. The van der Waals surface area contributed by atoms with Crippen molar-refractivity contribution in [3.8, 4) is 11.3 Å². The predicted octanol–water partition coefficient (Wildman–Crippen LogP) is 4.59. The van der Waals surface area contributed by atoms with E-state index in [4.69, 9.17) is 4.42 Å². The number of anilines is 2. The van der Waals surface area contributed by atoms with Crippen LogP contribution in [0.2, 0.25) is 0 Å². The van der Waals surface area contributed by atoms with Gasteiger partial charge in [0.2, 0.25) is 0 Å². The Kier molecular flexibility index (Phi) is 5.99. The molecule has 4 rings (SSSR count). The van der Waals surface area contributed by atoms with Gasteiger partial charge in [-0.15, -0.1) is 0 Å². The van der Waals surface area contributed by atoms with Crippen molar-refractivity contribution >= 4 is 23.0 Å². The summed E-state index contributed by atoms with van der Waals surface area (Å²) in [5.74, 6) is 0.619. The third-order valence-corrected chi connectivity index (χ3v) is 5.35. The van der Waals surface area contributed by atoms with Crippen molar-refractivity contribution in [2.75, 3.05) is 23.3 Å². The molecular formula is C23H23N3O5. The van der Waals surface area contributed by atoms with Crippen molar-refractivity contribution in [1.82, 2.24) is 0 Å². The molecule has 0 radical (unpaired) electrons. The van der Waals surface area contributed by atoms with Crippen molar-refractivity contribution in [2.24, 2.45) is 0 Å². The largest absolute Gasteiger partial charge is 0.459 e. The molecule has 8 heteroatoms. The molecule has 0 aliphatic carbocycles. The first-order valence-corrected chi connectivity index (χ1v) is 10.2. The molecule has 160 valence electrons. The van der Waals surface area contributed by atoms with Gasteiger partial charge in [-0.2, -0.15) is 0 Å². The Hall–Kier alpha value is -3.65. The second kappa shape index (κ2) is 9.01. The summed E-state index contributed by atoms with van der Waals surface area (Å²) in [5.41, 5.74) is 2.15. The van der Waals surface area contributed by atoms with E-state index in [-0.39, 0.29) is 17.9 Å². The minimum atomic E-state index is -0.493. The highest BCUT2D eigenvalue weighted by molar-refractivity contribution is 6.08. The van der Waals surface area contributed by atoms with Crippen molar-refractivity contribution in [2.45, 2.75) is 25.9 Å². The second-order valence-corrected chi connectivity index (χ2v) is 7.47. The number of benzene rings is 2. The first-order valence-electron chi connectivity index (χ1n) is 10.2. The van der Waals surface area contributed by atoms with Crippen LogP contribution >= 0.6 is 0 Å². The number of aliphatic hydroxyl groups excluding tert-OH is 1. The van der Waals surface area contributed by atoms with Crippen LogP contribution in [-0.2, 0) is 6.61 Å². The van der Waals surface area contributed by atoms with Crippen LogP contribution in [0.5, 0.6) is 0 Å². The number of non-ortho nitro benzene ring substituents is 1. The zero-order valence-corrected chi connectivity index (χ0v) is 16.9. The van der Waals surface area contributed by atoms with E-state index in [1.807, 2.05) is 6.07 Å². The third-order valence-electron chi connectivity index (χ3n) is 5.35. The highest BCUT2D eigenvalue weighted by Crippen LogP contribution is 2.30. The van der Waals surface area contributed by atoms with Gasteiger partial charge in [-0.3, -0.25) is 14.9 Å². The number of nitrogens with one attached hydrogen (secondary N) is 1. The lowest BCUT2D eigenvalue weighted by Crippen LogP contribution is -2.31. The highest BCUT2D eigenvalue weighted by Gasteiger charge is 2.22. The molecule has 8 nitrogen and oxygen atoms in total. The van der Waals surface area contributed by atoms with Crippen LogP contribution in [0.15, 0.2) is 59.0 Å². The number of carbonyl (C=O) groups excluding carboxylic acids is 1. The van der Waals surface area contributed by atoms with Gasteiger partial charge in [0.1, 0.15) is 18.1 Å². The number of nitrogens with zero attached hydrogens (tertiary/aromatic N) is 2. The van der Waals surface area contributed by atoms with E-state index in [0.29, 0.717) is 22.9 Å². The molecule has 31 heavy (non-hydrogen) atoms. The molecular weight excluding hydrogens is 398 g/mol. The Morgan fingerprint density at radius 2 is 1.90 bits per heavy atom. The lowest BCUT2D eigenvalue weighted by molar-refractivity contribution is -0.384. The monoisotopic (exact) mass is 421 g/mol. The van der Waals surface area contributed by atoms with Crippen molar-refractivity contribution in [1.29, 1.82) is 0 Å². The Balaban J connectivity index is 1.62. The average Bonchev–Trinajstić information content (AvgIpc) is 3.29. The topological polar surface area (TPSA) is 109 Å². The summed E-state index contributed by atoms with van der Waals surface area (Å²) in [4.78, 5) is 26.0. The number of hydrogen-bond donors (Lipinski definition) is 2. The van der Waals surface area contributed by atoms with Gasteiger partial charge in [-0.25, -0.2) is 0 Å². The molecule has 1 aromatic heterocycles. The maximum atomic E-state index is 13.1. The van der Waals surface area contributed by atoms with Crippen LogP contribution in [0.3, 0.4) is 0 Å². The first kappa shape index (κ1) is 20.6. The minimum Gasteiger partial charge on any atom is -0.459 e. The van der Waals surface area contributed by atoms with Crippen LogP contribution in [-0.4, -0.2) is 29.0 Å². The Morgan fingerprint density at radius 1 is 1.10 bits per heavy atom. The fourth-order valence-corrected chi connectivity index (χ4v) is 3.80. The maximum Gasteiger partial charge on any atom is 0.270 e. The van der Waals surface area contributed by atoms with E-state index in [1.54, 1.807) is 36.4 Å². The molecule has 0 unspecified atom stereocenters. The zero-order chi connectivity index (χ0) is 21.8. The fraction of sp³-hybridized carbons (Fsp3) is 0.261. The number of nitro groups is 1. The normalized spacial score (nSPS) is 13.8. The van der Waals surface area contributed by atoms with Crippen LogP contribution in [0.4, 0.5) is 17.1 Å².